The Morgan fingerprint density at radius 3 is 2.77 bits per heavy atom. The van der Waals surface area contributed by atoms with Crippen molar-refractivity contribution in [3.8, 4) is 0 Å². The third-order valence-electron chi connectivity index (χ3n) is 4.05. The molecule has 0 spiro atoms. The average molecular weight is 373 g/mol. The topological polar surface area (TPSA) is 108 Å². The van der Waals surface area contributed by atoms with Crippen LogP contribution in [0.3, 0.4) is 0 Å². The van der Waals surface area contributed by atoms with Gasteiger partial charge in [0.05, 0.1) is 4.90 Å². The molecule has 0 bridgehead atoms. The summed E-state index contributed by atoms with van der Waals surface area (Å²) < 4.78 is 24.2. The van der Waals surface area contributed by atoms with Gasteiger partial charge in [-0.1, -0.05) is 24.3 Å². The van der Waals surface area contributed by atoms with E-state index in [0.29, 0.717) is 13.0 Å². The Morgan fingerprint density at radius 1 is 1.23 bits per heavy atom. The van der Waals surface area contributed by atoms with Crippen molar-refractivity contribution in [2.24, 2.45) is 0 Å². The highest BCUT2D eigenvalue weighted by Crippen LogP contribution is 2.11. The highest BCUT2D eigenvalue weighted by atomic mass is 32.2. The highest BCUT2D eigenvalue weighted by Gasteiger charge is 2.16. The van der Waals surface area contributed by atoms with Gasteiger partial charge < -0.3 is 15.6 Å². The van der Waals surface area contributed by atoms with Crippen LogP contribution in [0.1, 0.15) is 21.6 Å². The van der Waals surface area contributed by atoms with Crippen LogP contribution in [0, 0.1) is 0 Å². The normalized spacial score (nSPS) is 14.2. The first-order valence-corrected chi connectivity index (χ1v) is 9.73. The van der Waals surface area contributed by atoms with Gasteiger partial charge in [0.25, 0.3) is 11.5 Å². The minimum absolute atomic E-state index is 0.000326. The monoisotopic (exact) mass is 373 g/mol. The maximum Gasteiger partial charge on any atom is 0.261 e. The molecule has 1 aliphatic rings. The van der Waals surface area contributed by atoms with E-state index in [2.05, 4.69) is 15.6 Å². The number of nitrogens with one attached hydrogen (secondary N) is 3. The second-order valence-corrected chi connectivity index (χ2v) is 7.72. The Kier molecular flexibility index (Phi) is 5.34. The zero-order chi connectivity index (χ0) is 18.6. The Hall–Kier alpha value is -2.71. The number of aromatic nitrogens is 1. The molecule has 0 saturated heterocycles. The standard InChI is InChI=1S/C18H19N3O4S/c22-17(15-11-13-12-19-9-7-16(13)21-18(15)23)20-8-4-10-26(24,25)14-5-2-1-3-6-14/h1-6,10-11,19H,7-9,12H2,(H,20,22)(H,21,23)/b10-4+. The lowest BCUT2D eigenvalue weighted by Gasteiger charge is -2.17. The van der Waals surface area contributed by atoms with Gasteiger partial charge in [-0.05, 0) is 23.8 Å². The number of H-pyrrole nitrogens is 1. The van der Waals surface area contributed by atoms with Crippen molar-refractivity contribution in [1.29, 1.82) is 0 Å². The summed E-state index contributed by atoms with van der Waals surface area (Å²) in [6.45, 7) is 1.39. The summed E-state index contributed by atoms with van der Waals surface area (Å²) in [6.07, 6.45) is 2.06. The molecule has 1 aliphatic heterocycles. The summed E-state index contributed by atoms with van der Waals surface area (Å²) in [6, 6.07) is 9.59. The predicted octanol–water partition coefficient (Wildman–Crippen LogP) is 0.738. The summed E-state index contributed by atoms with van der Waals surface area (Å²) >= 11 is 0. The fraction of sp³-hybridized carbons (Fsp3) is 0.222. The fourth-order valence-electron chi connectivity index (χ4n) is 2.71. The van der Waals surface area contributed by atoms with E-state index in [-0.39, 0.29) is 17.0 Å². The molecule has 8 heteroatoms. The van der Waals surface area contributed by atoms with Gasteiger partial charge in [-0.2, -0.15) is 0 Å². The second kappa shape index (κ2) is 7.67. The van der Waals surface area contributed by atoms with Crippen molar-refractivity contribution in [2.45, 2.75) is 17.9 Å². The number of hydrogen-bond acceptors (Lipinski definition) is 5. The molecule has 0 saturated carbocycles. The Bertz CT molecular complexity index is 995. The summed E-state index contributed by atoms with van der Waals surface area (Å²) in [7, 11) is -3.55. The van der Waals surface area contributed by atoms with Gasteiger partial charge in [-0.3, -0.25) is 9.59 Å². The average Bonchev–Trinajstić information content (AvgIpc) is 2.65. The quantitative estimate of drug-likeness (QED) is 0.716. The molecule has 7 nitrogen and oxygen atoms in total. The molecule has 1 amide bonds. The molecule has 0 radical (unpaired) electrons. The minimum Gasteiger partial charge on any atom is -0.348 e. The Labute approximate surface area is 151 Å². The van der Waals surface area contributed by atoms with Crippen LogP contribution < -0.4 is 16.2 Å². The second-order valence-electron chi connectivity index (χ2n) is 5.88. The van der Waals surface area contributed by atoms with E-state index in [1.165, 1.54) is 18.2 Å². The maximum absolute atomic E-state index is 12.2. The van der Waals surface area contributed by atoms with Crippen LogP contribution in [0.5, 0.6) is 0 Å². The van der Waals surface area contributed by atoms with Crippen LogP contribution in [0.25, 0.3) is 0 Å². The van der Waals surface area contributed by atoms with Gasteiger partial charge >= 0.3 is 0 Å². The van der Waals surface area contributed by atoms with Crippen molar-refractivity contribution < 1.29 is 13.2 Å². The van der Waals surface area contributed by atoms with E-state index < -0.39 is 21.3 Å². The molecule has 2 heterocycles. The molecule has 136 valence electrons. The van der Waals surface area contributed by atoms with Crippen LogP contribution in [-0.4, -0.2) is 32.4 Å². The lowest BCUT2D eigenvalue weighted by Crippen LogP contribution is -2.33. The number of fused-ring (bicyclic) bond motifs is 1. The number of sulfone groups is 1. The maximum atomic E-state index is 12.2. The molecule has 0 unspecified atom stereocenters. The van der Waals surface area contributed by atoms with Crippen molar-refractivity contribution in [1.82, 2.24) is 15.6 Å². The highest BCUT2D eigenvalue weighted by molar-refractivity contribution is 7.94. The first-order valence-electron chi connectivity index (χ1n) is 8.18. The first kappa shape index (κ1) is 18.1. The summed E-state index contributed by atoms with van der Waals surface area (Å²) in [4.78, 5) is 27.2. The fourth-order valence-corrected chi connectivity index (χ4v) is 3.75. The lowest BCUT2D eigenvalue weighted by molar-refractivity contribution is 0.0956. The van der Waals surface area contributed by atoms with Gasteiger partial charge in [-0.15, -0.1) is 0 Å². The summed E-state index contributed by atoms with van der Waals surface area (Å²) in [5.74, 6) is -0.540. The molecule has 3 N–H and O–H groups in total. The number of carbonyl (C=O) groups is 1. The van der Waals surface area contributed by atoms with E-state index in [9.17, 15) is 18.0 Å². The number of hydrogen-bond donors (Lipinski definition) is 3. The van der Waals surface area contributed by atoms with Crippen molar-refractivity contribution >= 4 is 15.7 Å². The van der Waals surface area contributed by atoms with E-state index >= 15 is 0 Å². The van der Waals surface area contributed by atoms with Crippen molar-refractivity contribution in [2.75, 3.05) is 13.1 Å². The van der Waals surface area contributed by atoms with Crippen LogP contribution >= 0.6 is 0 Å². The summed E-state index contributed by atoms with van der Waals surface area (Å²) in [5, 5.41) is 6.76. The van der Waals surface area contributed by atoms with Gasteiger partial charge in [0, 0.05) is 37.2 Å². The molecule has 1 aromatic heterocycles. The third kappa shape index (κ3) is 4.09. The molecule has 0 atom stereocenters. The van der Waals surface area contributed by atoms with Crippen LogP contribution in [0.4, 0.5) is 0 Å². The lowest BCUT2D eigenvalue weighted by atomic mass is 10.0. The van der Waals surface area contributed by atoms with E-state index in [0.717, 1.165) is 23.2 Å². The van der Waals surface area contributed by atoms with E-state index in [1.807, 2.05) is 0 Å². The van der Waals surface area contributed by atoms with E-state index in [4.69, 9.17) is 0 Å². The minimum atomic E-state index is -3.55. The van der Waals surface area contributed by atoms with Crippen molar-refractivity contribution in [3.05, 3.63) is 75.1 Å². The zero-order valence-electron chi connectivity index (χ0n) is 14.0. The van der Waals surface area contributed by atoms with Gasteiger partial charge in [0.1, 0.15) is 5.56 Å². The Balaban J connectivity index is 1.65. The van der Waals surface area contributed by atoms with Crippen LogP contribution in [0.15, 0.2) is 57.6 Å². The molecule has 2 aromatic rings. The SMILES string of the molecule is O=C(NC/C=C/S(=O)(=O)c1ccccc1)c1cc2c([nH]c1=O)CCNC2. The van der Waals surface area contributed by atoms with Crippen LogP contribution in [-0.2, 0) is 22.8 Å². The van der Waals surface area contributed by atoms with E-state index in [1.54, 1.807) is 24.3 Å². The number of carbonyl (C=O) groups excluding carboxylic acids is 1. The number of amides is 1. The number of benzene rings is 1. The van der Waals surface area contributed by atoms with Gasteiger partial charge in [0.2, 0.25) is 0 Å². The van der Waals surface area contributed by atoms with Gasteiger partial charge in [-0.25, -0.2) is 8.42 Å². The molecule has 0 fully saturated rings. The largest absolute Gasteiger partial charge is 0.348 e. The zero-order valence-corrected chi connectivity index (χ0v) is 14.8. The van der Waals surface area contributed by atoms with Gasteiger partial charge in [0.15, 0.2) is 9.84 Å². The number of aromatic amines is 1. The molecule has 0 aliphatic carbocycles. The first-order chi connectivity index (χ1) is 12.5. The molecular formula is C18H19N3O4S. The molecule has 26 heavy (non-hydrogen) atoms. The van der Waals surface area contributed by atoms with Crippen molar-refractivity contribution in [3.63, 3.8) is 0 Å². The predicted molar refractivity (Wildman–Crippen MR) is 97.6 cm³/mol. The number of pyridine rings is 1. The smallest absolute Gasteiger partial charge is 0.261 e. The number of rotatable bonds is 5. The summed E-state index contributed by atoms with van der Waals surface area (Å²) in [5.41, 5.74) is 1.32. The third-order valence-corrected chi connectivity index (χ3v) is 5.53. The van der Waals surface area contributed by atoms with Crippen LogP contribution in [0.2, 0.25) is 0 Å². The Morgan fingerprint density at radius 2 is 2.00 bits per heavy atom. The molecule has 1 aromatic carbocycles. The molecular weight excluding hydrogens is 354 g/mol. The molecule has 3 rings (SSSR count).